The standard InChI is InChI=1S/C34H41N9O5.C14H19ClN6O2/c1-21(44)48-20-25-24(6-7-35-31(25)42-10-9-41-28(33(42)46)14-22-17-34(2,3)18-29(22)41)26-16-27(32(45)39(4)37-26)36-30-15-23-19-40(12-13-47-5)8-11-43(23)38-30;1-19-14(22)11(8-12(15)17-19)16-13-7-10-9-20(5-6-23-2)3-4-21(10)18-13/h6-7,14-16H,8-13,17-20H2,1-5H3,(H,36,38);7-8H,3-6,9H2,1-2H3,(H,16,18). The molecule has 1 amide bonds. The van der Waals surface area contributed by atoms with E-state index in [4.69, 9.17) is 30.9 Å². The molecule has 23 heteroatoms. The summed E-state index contributed by atoms with van der Waals surface area (Å²) in [5.74, 6) is 0.974. The van der Waals surface area contributed by atoms with Crippen LogP contribution in [-0.2, 0) is 85.3 Å². The summed E-state index contributed by atoms with van der Waals surface area (Å²) in [6.45, 7) is 14.8. The van der Waals surface area contributed by atoms with Crippen molar-refractivity contribution in [2.24, 2.45) is 19.5 Å². The number of carbonyl (C=O) groups excluding carboxylic acids is 2. The van der Waals surface area contributed by atoms with Gasteiger partial charge in [-0.25, -0.2) is 14.3 Å². The molecule has 0 saturated heterocycles. The van der Waals surface area contributed by atoms with Crippen LogP contribution in [0.5, 0.6) is 0 Å². The van der Waals surface area contributed by atoms with Crippen LogP contribution in [0.1, 0.15) is 59.5 Å². The van der Waals surface area contributed by atoms with Gasteiger partial charge >= 0.3 is 5.97 Å². The van der Waals surface area contributed by atoms with Crippen molar-refractivity contribution < 1.29 is 23.8 Å². The highest BCUT2D eigenvalue weighted by Gasteiger charge is 2.38. The second-order valence-corrected chi connectivity index (χ2v) is 19.4. The zero-order valence-corrected chi connectivity index (χ0v) is 42.0. The average Bonchev–Trinajstić information content (AvgIpc) is 4.10. The van der Waals surface area contributed by atoms with Crippen molar-refractivity contribution in [3.8, 4) is 11.3 Å². The Bertz CT molecular complexity index is 3100. The molecular formula is C48H60ClN15O7. The summed E-state index contributed by atoms with van der Waals surface area (Å²) in [6.07, 6.45) is 3.48. The van der Waals surface area contributed by atoms with Gasteiger partial charge in [-0.3, -0.25) is 43.2 Å². The highest BCUT2D eigenvalue weighted by molar-refractivity contribution is 6.29. The van der Waals surface area contributed by atoms with Gasteiger partial charge in [0.05, 0.1) is 43.4 Å². The topological polar surface area (TPSA) is 219 Å². The van der Waals surface area contributed by atoms with E-state index in [1.807, 2.05) is 27.6 Å². The van der Waals surface area contributed by atoms with Crippen LogP contribution in [0.25, 0.3) is 11.3 Å². The number of amides is 1. The molecule has 0 atom stereocenters. The summed E-state index contributed by atoms with van der Waals surface area (Å²) in [4.78, 5) is 62.3. The van der Waals surface area contributed by atoms with Crippen molar-refractivity contribution in [2.75, 3.05) is 75.7 Å². The third kappa shape index (κ3) is 10.7. The fraction of sp³-hybridized carbons (Fsp3) is 0.479. The van der Waals surface area contributed by atoms with Crippen molar-refractivity contribution in [1.29, 1.82) is 0 Å². The number of nitrogens with zero attached hydrogens (tertiary/aromatic N) is 13. The highest BCUT2D eigenvalue weighted by atomic mass is 35.5. The largest absolute Gasteiger partial charge is 0.461 e. The minimum absolute atomic E-state index is 0.121. The Hall–Kier alpha value is -6.72. The predicted molar refractivity (Wildman–Crippen MR) is 265 cm³/mol. The number of methoxy groups -OCH3 is 2. The number of pyridine rings is 1. The van der Waals surface area contributed by atoms with Crippen molar-refractivity contribution in [2.45, 2.75) is 72.9 Å². The molecule has 9 heterocycles. The number of hydrogen-bond acceptors (Lipinski definition) is 16. The number of fused-ring (bicyclic) bond motifs is 5. The number of ether oxygens (including phenoxy) is 3. The Labute approximate surface area is 415 Å². The lowest BCUT2D eigenvalue weighted by Gasteiger charge is -2.31. The molecule has 6 aromatic heterocycles. The van der Waals surface area contributed by atoms with Gasteiger partial charge in [0, 0.05) is 129 Å². The molecule has 22 nitrogen and oxygen atoms in total. The molecule has 0 saturated carbocycles. The molecule has 3 aliphatic heterocycles. The van der Waals surface area contributed by atoms with Gasteiger partial charge in [-0.1, -0.05) is 25.4 Å². The van der Waals surface area contributed by atoms with Crippen molar-refractivity contribution in [1.82, 2.24) is 58.5 Å². The van der Waals surface area contributed by atoms with E-state index in [1.54, 1.807) is 51.5 Å². The van der Waals surface area contributed by atoms with Crippen LogP contribution in [0.3, 0.4) is 0 Å². The summed E-state index contributed by atoms with van der Waals surface area (Å²) in [5.41, 5.74) is 7.08. The molecule has 0 radical (unpaired) electrons. The van der Waals surface area contributed by atoms with Gasteiger partial charge in [0.15, 0.2) is 16.8 Å². The highest BCUT2D eigenvalue weighted by Crippen LogP contribution is 2.40. The van der Waals surface area contributed by atoms with E-state index < -0.39 is 5.97 Å². The Morgan fingerprint density at radius 3 is 1.97 bits per heavy atom. The zero-order valence-electron chi connectivity index (χ0n) is 41.2. The zero-order chi connectivity index (χ0) is 50.1. The van der Waals surface area contributed by atoms with Crippen molar-refractivity contribution >= 4 is 52.3 Å². The SMILES string of the molecule is COCCN1CCn2nc(Nc3cc(-c4ccnc(N5CCn6c(cc7c6CC(C)(C)C7)C5=O)c4COC(C)=O)nn(C)c3=O)cc2C1.COCCN1CCn2nc(Nc3cc(Cl)nn(C)c3=O)cc2C1. The molecule has 10 rings (SSSR count). The van der Waals surface area contributed by atoms with Crippen LogP contribution in [-0.4, -0.2) is 131 Å². The van der Waals surface area contributed by atoms with E-state index in [1.165, 1.54) is 33.6 Å². The average molecular weight is 995 g/mol. The minimum atomic E-state index is -0.464. The van der Waals surface area contributed by atoms with Crippen LogP contribution in [0.2, 0.25) is 5.15 Å². The number of esters is 1. The molecule has 1 aliphatic carbocycles. The van der Waals surface area contributed by atoms with Crippen LogP contribution in [0, 0.1) is 5.41 Å². The van der Waals surface area contributed by atoms with Gasteiger partial charge in [-0.05, 0) is 42.0 Å². The maximum Gasteiger partial charge on any atom is 0.302 e. The number of aromatic nitrogens is 10. The lowest BCUT2D eigenvalue weighted by molar-refractivity contribution is -0.142. The summed E-state index contributed by atoms with van der Waals surface area (Å²) in [7, 11) is 6.55. The van der Waals surface area contributed by atoms with E-state index in [-0.39, 0.29) is 39.9 Å². The molecule has 0 unspecified atom stereocenters. The van der Waals surface area contributed by atoms with Gasteiger partial charge in [-0.15, -0.1) is 0 Å². The third-order valence-corrected chi connectivity index (χ3v) is 13.4. The maximum atomic E-state index is 14.0. The monoisotopic (exact) mass is 993 g/mol. The van der Waals surface area contributed by atoms with Crippen molar-refractivity contribution in [3.05, 3.63) is 102 Å². The van der Waals surface area contributed by atoms with E-state index in [0.717, 1.165) is 76.6 Å². The number of anilines is 5. The van der Waals surface area contributed by atoms with Crippen LogP contribution in [0.4, 0.5) is 28.8 Å². The lowest BCUT2D eigenvalue weighted by Crippen LogP contribution is -2.41. The molecular weight excluding hydrogens is 934 g/mol. The number of carbonyl (C=O) groups is 2. The number of halogens is 1. The van der Waals surface area contributed by atoms with Crippen LogP contribution in [0.15, 0.2) is 52.2 Å². The first-order chi connectivity index (χ1) is 34.1. The Morgan fingerprint density at radius 2 is 1.37 bits per heavy atom. The molecule has 0 bridgehead atoms. The fourth-order valence-electron chi connectivity index (χ4n) is 9.74. The smallest absolute Gasteiger partial charge is 0.302 e. The first-order valence-electron chi connectivity index (χ1n) is 23.6. The second-order valence-electron chi connectivity index (χ2n) is 19.0. The Kier molecular flexibility index (Phi) is 14.3. The first kappa shape index (κ1) is 49.3. The number of nitrogens with one attached hydrogen (secondary N) is 2. The fourth-order valence-corrected chi connectivity index (χ4v) is 9.96. The van der Waals surface area contributed by atoms with Crippen molar-refractivity contribution in [3.63, 3.8) is 0 Å². The van der Waals surface area contributed by atoms with Gasteiger partial charge < -0.3 is 29.4 Å². The quantitative estimate of drug-likeness (QED) is 0.149. The molecule has 2 N–H and O–H groups in total. The van der Waals surface area contributed by atoms with E-state index in [2.05, 4.69) is 59.1 Å². The molecule has 0 spiro atoms. The molecule has 71 heavy (non-hydrogen) atoms. The maximum absolute atomic E-state index is 14.0. The van der Waals surface area contributed by atoms with Gasteiger partial charge in [-0.2, -0.15) is 20.4 Å². The summed E-state index contributed by atoms with van der Waals surface area (Å²) >= 11 is 5.90. The van der Waals surface area contributed by atoms with Gasteiger partial charge in [0.1, 0.15) is 29.5 Å². The summed E-state index contributed by atoms with van der Waals surface area (Å²) in [5, 5.41) is 24.1. The molecule has 4 aliphatic rings. The Morgan fingerprint density at radius 1 is 0.761 bits per heavy atom. The number of rotatable bonds is 14. The summed E-state index contributed by atoms with van der Waals surface area (Å²) < 4.78 is 24.4. The molecule has 0 aromatic carbocycles. The number of aryl methyl sites for hydroxylation is 2. The van der Waals surface area contributed by atoms with E-state index in [9.17, 15) is 19.2 Å². The normalized spacial score (nSPS) is 16.2. The van der Waals surface area contributed by atoms with Crippen LogP contribution < -0.4 is 26.7 Å². The van der Waals surface area contributed by atoms with E-state index >= 15 is 0 Å². The van der Waals surface area contributed by atoms with Gasteiger partial charge in [0.2, 0.25) is 0 Å². The first-order valence-corrected chi connectivity index (χ1v) is 24.0. The lowest BCUT2D eigenvalue weighted by atomic mass is 9.90. The third-order valence-electron chi connectivity index (χ3n) is 13.2. The van der Waals surface area contributed by atoms with Gasteiger partial charge in [0.25, 0.3) is 17.0 Å². The number of hydrogen-bond donors (Lipinski definition) is 2. The van der Waals surface area contributed by atoms with E-state index in [0.29, 0.717) is 72.0 Å². The molecule has 6 aromatic rings. The summed E-state index contributed by atoms with van der Waals surface area (Å²) in [6, 6.07) is 10.9. The molecule has 376 valence electrons. The predicted octanol–water partition coefficient (Wildman–Crippen LogP) is 3.73. The molecule has 0 fully saturated rings. The Balaban J connectivity index is 0.000000227. The van der Waals surface area contributed by atoms with Crippen LogP contribution >= 0.6 is 11.6 Å². The minimum Gasteiger partial charge on any atom is -0.461 e. The second kappa shape index (κ2) is 20.6.